The van der Waals surface area contributed by atoms with Crippen molar-refractivity contribution in [3.63, 3.8) is 0 Å². The third kappa shape index (κ3) is 3.13. The molecule has 1 aromatic rings. The number of nitrogens with one attached hydrogen (secondary N) is 1. The molecule has 1 aliphatic heterocycles. The lowest BCUT2D eigenvalue weighted by Gasteiger charge is -2.33. The molecule has 0 saturated carbocycles. The maximum atomic E-state index is 5.64. The van der Waals surface area contributed by atoms with Gasteiger partial charge in [-0.25, -0.2) is 4.98 Å². The molecule has 0 atom stereocenters. The van der Waals surface area contributed by atoms with Gasteiger partial charge in [-0.15, -0.1) is 0 Å². The number of anilines is 1. The van der Waals surface area contributed by atoms with Crippen LogP contribution < -0.4 is 15.0 Å². The largest absolute Gasteiger partial charge is 0.490 e. The molecule has 100 valence electrons. The maximum absolute atomic E-state index is 5.64. The molecule has 0 amide bonds. The fraction of sp³-hybridized carbons (Fsp3) is 0.643. The summed E-state index contributed by atoms with van der Waals surface area (Å²) in [6.45, 7) is 8.01. The fourth-order valence-corrected chi connectivity index (χ4v) is 2.47. The van der Waals surface area contributed by atoms with E-state index in [4.69, 9.17) is 4.74 Å². The van der Waals surface area contributed by atoms with Gasteiger partial charge in [-0.05, 0) is 38.4 Å². The second-order valence-electron chi connectivity index (χ2n) is 4.58. The van der Waals surface area contributed by atoms with E-state index in [0.717, 1.165) is 31.2 Å². The van der Waals surface area contributed by atoms with E-state index in [9.17, 15) is 0 Å². The van der Waals surface area contributed by atoms with Crippen molar-refractivity contribution in [3.05, 3.63) is 18.3 Å². The van der Waals surface area contributed by atoms with Gasteiger partial charge in [-0.1, -0.05) is 6.92 Å². The molecule has 1 fully saturated rings. The first kappa shape index (κ1) is 13.1. The van der Waals surface area contributed by atoms with Crippen LogP contribution in [0.1, 0.15) is 26.7 Å². The number of hydrogen-bond acceptors (Lipinski definition) is 4. The molecular formula is C14H23N3O. The zero-order chi connectivity index (χ0) is 12.8. The van der Waals surface area contributed by atoms with Crippen LogP contribution in [-0.4, -0.2) is 37.3 Å². The Labute approximate surface area is 109 Å². The first-order chi connectivity index (χ1) is 8.85. The number of rotatable bonds is 5. The first-order valence-electron chi connectivity index (χ1n) is 6.91. The number of nitrogens with zero attached hydrogens (tertiary/aromatic N) is 2. The van der Waals surface area contributed by atoms with Crippen molar-refractivity contribution in [2.75, 3.05) is 31.1 Å². The Hall–Kier alpha value is -1.29. The average Bonchev–Trinajstić information content (AvgIpc) is 2.41. The van der Waals surface area contributed by atoms with Crippen molar-refractivity contribution in [1.82, 2.24) is 10.3 Å². The number of hydrogen-bond donors (Lipinski definition) is 1. The van der Waals surface area contributed by atoms with Gasteiger partial charge in [0, 0.05) is 25.3 Å². The minimum absolute atomic E-state index is 0.658. The van der Waals surface area contributed by atoms with E-state index in [1.807, 2.05) is 25.3 Å². The molecule has 0 spiro atoms. The van der Waals surface area contributed by atoms with E-state index >= 15 is 0 Å². The molecule has 1 N–H and O–H groups in total. The highest BCUT2D eigenvalue weighted by Crippen LogP contribution is 2.27. The summed E-state index contributed by atoms with van der Waals surface area (Å²) in [6.07, 6.45) is 4.19. The fourth-order valence-electron chi connectivity index (χ4n) is 2.47. The third-order valence-electron chi connectivity index (χ3n) is 3.34. The van der Waals surface area contributed by atoms with Crippen LogP contribution in [0.5, 0.6) is 5.75 Å². The molecule has 0 unspecified atom stereocenters. The highest BCUT2D eigenvalue weighted by Gasteiger charge is 2.21. The van der Waals surface area contributed by atoms with Crippen LogP contribution in [0.4, 0.5) is 5.82 Å². The van der Waals surface area contributed by atoms with Gasteiger partial charge in [0.1, 0.15) is 0 Å². The summed E-state index contributed by atoms with van der Waals surface area (Å²) < 4.78 is 5.64. The maximum Gasteiger partial charge on any atom is 0.171 e. The number of pyridine rings is 1. The standard InChI is InChI=1S/C14H23N3O/c1-3-15-12-7-10-17(11-8-12)14-13(18-4-2)6-5-9-16-14/h5-6,9,12,15H,3-4,7-8,10-11H2,1-2H3. The van der Waals surface area contributed by atoms with Crippen LogP contribution in [-0.2, 0) is 0 Å². The molecule has 1 aromatic heterocycles. The predicted octanol–water partition coefficient (Wildman–Crippen LogP) is 2.06. The van der Waals surface area contributed by atoms with E-state index < -0.39 is 0 Å². The SMILES string of the molecule is CCNC1CCN(c2ncccc2OCC)CC1. The summed E-state index contributed by atoms with van der Waals surface area (Å²) in [4.78, 5) is 6.80. The predicted molar refractivity (Wildman–Crippen MR) is 74.3 cm³/mol. The zero-order valence-electron chi connectivity index (χ0n) is 11.4. The number of piperidine rings is 1. The van der Waals surface area contributed by atoms with Gasteiger partial charge in [0.15, 0.2) is 11.6 Å². The molecule has 0 radical (unpaired) electrons. The molecule has 1 aliphatic rings. The zero-order valence-corrected chi connectivity index (χ0v) is 11.4. The lowest BCUT2D eigenvalue weighted by Crippen LogP contribution is -2.42. The van der Waals surface area contributed by atoms with Crippen LogP contribution in [0.2, 0.25) is 0 Å². The Morgan fingerprint density at radius 2 is 2.17 bits per heavy atom. The monoisotopic (exact) mass is 249 g/mol. The Morgan fingerprint density at radius 1 is 1.39 bits per heavy atom. The van der Waals surface area contributed by atoms with Gasteiger partial charge >= 0.3 is 0 Å². The minimum atomic E-state index is 0.658. The summed E-state index contributed by atoms with van der Waals surface area (Å²) in [7, 11) is 0. The highest BCUT2D eigenvalue weighted by atomic mass is 16.5. The van der Waals surface area contributed by atoms with Gasteiger partial charge < -0.3 is 15.0 Å². The molecule has 2 heterocycles. The van der Waals surface area contributed by atoms with Crippen LogP contribution in [0, 0.1) is 0 Å². The molecule has 0 aliphatic carbocycles. The van der Waals surface area contributed by atoms with Gasteiger partial charge in [0.05, 0.1) is 6.61 Å². The van der Waals surface area contributed by atoms with Crippen molar-refractivity contribution < 1.29 is 4.74 Å². The van der Waals surface area contributed by atoms with Crippen LogP contribution in [0.25, 0.3) is 0 Å². The van der Waals surface area contributed by atoms with Crippen LogP contribution in [0.15, 0.2) is 18.3 Å². The number of aromatic nitrogens is 1. The van der Waals surface area contributed by atoms with Crippen LogP contribution >= 0.6 is 0 Å². The quantitative estimate of drug-likeness (QED) is 0.866. The van der Waals surface area contributed by atoms with Gasteiger partial charge in [0.2, 0.25) is 0 Å². The van der Waals surface area contributed by atoms with Crippen LogP contribution in [0.3, 0.4) is 0 Å². The Bertz CT molecular complexity index is 362. The van der Waals surface area contributed by atoms with E-state index in [1.54, 1.807) is 0 Å². The molecule has 2 rings (SSSR count). The summed E-state index contributed by atoms with van der Waals surface area (Å²) >= 11 is 0. The van der Waals surface area contributed by atoms with E-state index in [1.165, 1.54) is 12.8 Å². The lowest BCUT2D eigenvalue weighted by molar-refractivity contribution is 0.336. The van der Waals surface area contributed by atoms with E-state index in [0.29, 0.717) is 12.6 Å². The van der Waals surface area contributed by atoms with Crippen molar-refractivity contribution in [1.29, 1.82) is 0 Å². The Kier molecular flexibility index (Phi) is 4.81. The van der Waals surface area contributed by atoms with Gasteiger partial charge in [-0.2, -0.15) is 0 Å². The van der Waals surface area contributed by atoms with Gasteiger partial charge in [0.25, 0.3) is 0 Å². The normalized spacial score (nSPS) is 16.9. The second-order valence-corrected chi connectivity index (χ2v) is 4.58. The molecule has 1 saturated heterocycles. The molecular weight excluding hydrogens is 226 g/mol. The molecule has 0 aromatic carbocycles. The minimum Gasteiger partial charge on any atom is -0.490 e. The average molecular weight is 249 g/mol. The Morgan fingerprint density at radius 3 is 2.83 bits per heavy atom. The first-order valence-corrected chi connectivity index (χ1v) is 6.91. The Balaban J connectivity index is 2.00. The summed E-state index contributed by atoms with van der Waals surface area (Å²) in [5.74, 6) is 1.90. The van der Waals surface area contributed by atoms with Crippen molar-refractivity contribution in [2.24, 2.45) is 0 Å². The smallest absolute Gasteiger partial charge is 0.171 e. The molecule has 0 bridgehead atoms. The number of ether oxygens (including phenoxy) is 1. The van der Waals surface area contributed by atoms with Crippen molar-refractivity contribution in [3.8, 4) is 5.75 Å². The molecule has 4 nitrogen and oxygen atoms in total. The second kappa shape index (κ2) is 6.59. The van der Waals surface area contributed by atoms with Gasteiger partial charge in [-0.3, -0.25) is 0 Å². The molecule has 4 heteroatoms. The van der Waals surface area contributed by atoms with E-state index in [-0.39, 0.29) is 0 Å². The summed E-state index contributed by atoms with van der Waals surface area (Å²) in [6, 6.07) is 4.59. The third-order valence-corrected chi connectivity index (χ3v) is 3.34. The lowest BCUT2D eigenvalue weighted by atomic mass is 10.1. The molecule has 18 heavy (non-hydrogen) atoms. The van der Waals surface area contributed by atoms with E-state index in [2.05, 4.69) is 22.1 Å². The summed E-state index contributed by atoms with van der Waals surface area (Å²) in [5.41, 5.74) is 0. The van der Waals surface area contributed by atoms with Crippen molar-refractivity contribution >= 4 is 5.82 Å². The van der Waals surface area contributed by atoms with Crippen molar-refractivity contribution in [2.45, 2.75) is 32.7 Å². The summed E-state index contributed by atoms with van der Waals surface area (Å²) in [5, 5.41) is 3.52. The topological polar surface area (TPSA) is 37.4 Å². The highest BCUT2D eigenvalue weighted by molar-refractivity contribution is 5.52.